The van der Waals surface area contributed by atoms with Gasteiger partial charge in [0.15, 0.2) is 16.1 Å². The summed E-state index contributed by atoms with van der Waals surface area (Å²) in [7, 11) is -6.01. The van der Waals surface area contributed by atoms with Crippen LogP contribution < -0.4 is 41.5 Å². The number of benzene rings is 14. The first-order valence-electron chi connectivity index (χ1n) is 30.5. The van der Waals surface area contributed by atoms with Crippen molar-refractivity contribution in [1.29, 1.82) is 0 Å². The van der Waals surface area contributed by atoms with Gasteiger partial charge in [-0.2, -0.15) is 0 Å². The molecule has 0 amide bonds. The molecule has 0 aliphatic heterocycles. The first-order chi connectivity index (χ1) is 43.7. The van der Waals surface area contributed by atoms with E-state index < -0.39 is 16.1 Å². The van der Waals surface area contributed by atoms with Gasteiger partial charge in [0.1, 0.15) is 0 Å². The number of rotatable bonds is 13. The van der Waals surface area contributed by atoms with Crippen molar-refractivity contribution in [2.45, 2.75) is 0 Å². The highest BCUT2D eigenvalue weighted by Crippen LogP contribution is 2.44. The van der Waals surface area contributed by atoms with Crippen molar-refractivity contribution < 1.29 is 0 Å². The van der Waals surface area contributed by atoms with Crippen molar-refractivity contribution in [2.75, 3.05) is 0 Å². The maximum Gasteiger partial charge on any atom is 0.180 e. The highest BCUT2D eigenvalue weighted by Gasteiger charge is 2.44. The lowest BCUT2D eigenvalue weighted by Crippen LogP contribution is -2.75. The van der Waals surface area contributed by atoms with Crippen LogP contribution in [0.5, 0.6) is 0 Å². The molecule has 0 N–H and O–H groups in total. The van der Waals surface area contributed by atoms with E-state index in [-0.39, 0.29) is 0 Å². The largest absolute Gasteiger partial charge is 0.309 e. The second kappa shape index (κ2) is 22.2. The quantitative estimate of drug-likeness (QED) is 0.0804. The molecule has 0 spiro atoms. The average Bonchev–Trinajstić information content (AvgIpc) is 1.43. The minimum absolute atomic E-state index is 1.11. The standard InChI is InChI=1S/C84H60N2Si2/c1-9-32-61(33-10-1)76-59-70(87(64-36-13-3-14-37-64,65-38-15-4-16-39-65)66-40-17-5-18-41-66)60-77(62-34-11-2-12-35-62)84(76)86-80-54-29-26-49-72(80)78-58-63(56-57-81(78)86)85-79-53-28-25-48-71(79)74-51-31-52-75(83(74)85)73-50-27-30-55-82(73)88(67-42-19-6-20-43-67,68-44-21-7-22-45-68)69-46-23-8-24-47-69/h1-60H. The van der Waals surface area contributed by atoms with Gasteiger partial charge in [-0.1, -0.05) is 334 Å². The maximum absolute atomic E-state index is 3.03. The molecular weight excluding hydrogens is 1090 g/mol. The van der Waals surface area contributed by atoms with E-state index >= 15 is 0 Å². The molecule has 0 atom stereocenters. The number of aromatic nitrogens is 2. The van der Waals surface area contributed by atoms with E-state index in [1.165, 1.54) is 96.3 Å². The molecule has 0 unspecified atom stereocenters. The van der Waals surface area contributed by atoms with Crippen molar-refractivity contribution in [3.05, 3.63) is 364 Å². The lowest BCUT2D eigenvalue weighted by atomic mass is 9.95. The molecule has 0 radical (unpaired) electrons. The Kier molecular flexibility index (Phi) is 13.3. The number of para-hydroxylation sites is 3. The van der Waals surface area contributed by atoms with Crippen LogP contribution in [0.15, 0.2) is 364 Å². The fraction of sp³-hybridized carbons (Fsp3) is 0. The number of fused-ring (bicyclic) bond motifs is 6. The third kappa shape index (κ3) is 8.44. The molecule has 0 saturated carbocycles. The molecule has 2 nitrogen and oxygen atoms in total. The summed E-state index contributed by atoms with van der Waals surface area (Å²) in [6.07, 6.45) is 0. The molecule has 0 aliphatic carbocycles. The zero-order valence-corrected chi connectivity index (χ0v) is 50.5. The van der Waals surface area contributed by atoms with Gasteiger partial charge in [0.25, 0.3) is 0 Å². The highest BCUT2D eigenvalue weighted by atomic mass is 28.3. The summed E-state index contributed by atoms with van der Waals surface area (Å²) < 4.78 is 5.13. The second-order valence-electron chi connectivity index (χ2n) is 23.0. The van der Waals surface area contributed by atoms with Gasteiger partial charge < -0.3 is 9.13 Å². The Morgan fingerprint density at radius 2 is 0.557 bits per heavy atom. The Labute approximate surface area is 515 Å². The van der Waals surface area contributed by atoms with Crippen LogP contribution in [-0.4, -0.2) is 25.3 Å². The summed E-state index contributed by atoms with van der Waals surface area (Å²) in [4.78, 5) is 0. The molecule has 0 fully saturated rings. The van der Waals surface area contributed by atoms with Gasteiger partial charge in [0, 0.05) is 43.9 Å². The topological polar surface area (TPSA) is 9.86 Å². The fourth-order valence-corrected chi connectivity index (χ4v) is 24.5. The van der Waals surface area contributed by atoms with Crippen LogP contribution in [0.25, 0.3) is 88.4 Å². The predicted octanol–water partition coefficient (Wildman–Crippen LogP) is 15.6. The van der Waals surface area contributed by atoms with Crippen molar-refractivity contribution in [3.8, 4) is 44.8 Å². The Bertz CT molecular complexity index is 4910. The zero-order valence-electron chi connectivity index (χ0n) is 48.5. The van der Waals surface area contributed by atoms with Crippen LogP contribution in [0.3, 0.4) is 0 Å². The van der Waals surface area contributed by atoms with Crippen molar-refractivity contribution in [1.82, 2.24) is 9.13 Å². The predicted molar refractivity (Wildman–Crippen MR) is 379 cm³/mol. The van der Waals surface area contributed by atoms with Gasteiger partial charge in [-0.25, -0.2) is 0 Å². The Morgan fingerprint density at radius 1 is 0.205 bits per heavy atom. The molecule has 2 aromatic heterocycles. The maximum atomic E-state index is 2.58. The van der Waals surface area contributed by atoms with Crippen LogP contribution >= 0.6 is 0 Å². The molecule has 16 aromatic rings. The number of nitrogens with zero attached hydrogens (tertiary/aromatic N) is 2. The lowest BCUT2D eigenvalue weighted by Gasteiger charge is -2.36. The first kappa shape index (κ1) is 52.7. The average molecular weight is 1150 g/mol. The van der Waals surface area contributed by atoms with Crippen LogP contribution in [-0.2, 0) is 0 Å². The molecule has 16 rings (SSSR count). The normalized spacial score (nSPS) is 11.9. The number of hydrogen-bond donors (Lipinski definition) is 0. The van der Waals surface area contributed by atoms with Gasteiger partial charge >= 0.3 is 0 Å². The summed E-state index contributed by atoms with van der Waals surface area (Å²) in [5.74, 6) is 0. The first-order valence-corrected chi connectivity index (χ1v) is 34.5. The van der Waals surface area contributed by atoms with Gasteiger partial charge in [-0.05, 0) is 88.5 Å². The lowest BCUT2D eigenvalue weighted by molar-refractivity contribution is 1.17. The van der Waals surface area contributed by atoms with Gasteiger partial charge in [0.2, 0.25) is 0 Å². The van der Waals surface area contributed by atoms with Gasteiger partial charge in [-0.15, -0.1) is 0 Å². The minimum atomic E-state index is -3.03. The molecule has 88 heavy (non-hydrogen) atoms. The summed E-state index contributed by atoms with van der Waals surface area (Å²) in [6.45, 7) is 0. The van der Waals surface area contributed by atoms with E-state index in [9.17, 15) is 0 Å². The molecule has 0 saturated heterocycles. The molecule has 4 heteroatoms. The van der Waals surface area contributed by atoms with Gasteiger partial charge in [0.05, 0.1) is 27.8 Å². The van der Waals surface area contributed by atoms with Crippen LogP contribution in [0, 0.1) is 0 Å². The molecule has 414 valence electrons. The van der Waals surface area contributed by atoms with Gasteiger partial charge in [-0.3, -0.25) is 0 Å². The van der Waals surface area contributed by atoms with Crippen molar-refractivity contribution in [2.24, 2.45) is 0 Å². The van der Waals surface area contributed by atoms with Crippen molar-refractivity contribution >= 4 is 101 Å². The molecule has 14 aromatic carbocycles. The van der Waals surface area contributed by atoms with E-state index in [4.69, 9.17) is 0 Å². The number of hydrogen-bond acceptors (Lipinski definition) is 0. The van der Waals surface area contributed by atoms with E-state index in [1.54, 1.807) is 0 Å². The molecule has 0 aliphatic rings. The summed E-state index contributed by atoms with van der Waals surface area (Å²) in [5.41, 5.74) is 14.0. The van der Waals surface area contributed by atoms with E-state index in [0.29, 0.717) is 0 Å². The summed E-state index contributed by atoms with van der Waals surface area (Å²) in [5, 5.41) is 15.5. The Morgan fingerprint density at radius 3 is 1.03 bits per heavy atom. The molecule has 2 heterocycles. The minimum Gasteiger partial charge on any atom is -0.309 e. The highest BCUT2D eigenvalue weighted by molar-refractivity contribution is 7.21. The SMILES string of the molecule is c1ccc(-c2cc([Si](c3ccccc3)(c3ccccc3)c3ccccc3)cc(-c3ccccc3)c2-n2c3ccccc3c3cc(-n4c5ccccc5c5cccc(-c6ccccc6[Si](c6ccccc6)(c6ccccc6)c6ccccc6)c54)ccc32)cc1. The summed E-state index contributed by atoms with van der Waals surface area (Å²) >= 11 is 0. The van der Waals surface area contributed by atoms with Crippen LogP contribution in [0.4, 0.5) is 0 Å². The van der Waals surface area contributed by atoms with E-state index in [2.05, 4.69) is 373 Å². The molecule has 0 bridgehead atoms. The Balaban J connectivity index is 0.980. The smallest absolute Gasteiger partial charge is 0.180 e. The van der Waals surface area contributed by atoms with E-state index in [1.807, 2.05) is 0 Å². The van der Waals surface area contributed by atoms with E-state index in [0.717, 1.165) is 33.5 Å². The summed E-state index contributed by atoms with van der Waals surface area (Å²) in [6, 6.07) is 137. The monoisotopic (exact) mass is 1150 g/mol. The van der Waals surface area contributed by atoms with Crippen LogP contribution in [0.2, 0.25) is 0 Å². The Hall–Kier alpha value is -10.9. The third-order valence-corrected chi connectivity index (χ3v) is 28.0. The second-order valence-corrected chi connectivity index (χ2v) is 30.6. The third-order valence-electron chi connectivity index (χ3n) is 18.4. The van der Waals surface area contributed by atoms with Crippen molar-refractivity contribution in [3.63, 3.8) is 0 Å². The van der Waals surface area contributed by atoms with Crippen LogP contribution in [0.1, 0.15) is 0 Å². The fourth-order valence-electron chi connectivity index (χ4n) is 14.8. The molecular formula is C84H60N2Si2. The zero-order chi connectivity index (χ0) is 58.4.